The lowest BCUT2D eigenvalue weighted by molar-refractivity contribution is 0.172. The molecule has 9 heteroatoms. The number of piperazine rings is 1. The number of amides is 2. The summed E-state index contributed by atoms with van der Waals surface area (Å²) >= 11 is 9.34. The van der Waals surface area contributed by atoms with E-state index < -0.39 is 10.0 Å². The molecule has 1 heterocycles. The van der Waals surface area contributed by atoms with E-state index in [0.29, 0.717) is 19.6 Å². The molecule has 1 saturated heterocycles. The normalized spacial score (nSPS) is 16.2. The fourth-order valence-electron chi connectivity index (χ4n) is 2.44. The maximum absolute atomic E-state index is 12.7. The van der Waals surface area contributed by atoms with Crippen molar-refractivity contribution in [3.8, 4) is 0 Å². The molecule has 1 N–H and O–H groups in total. The first-order valence-corrected chi connectivity index (χ1v) is 10.5. The fraction of sp³-hybridized carbons (Fsp3) is 0.533. The van der Waals surface area contributed by atoms with Gasteiger partial charge in [0.25, 0.3) is 0 Å². The maximum atomic E-state index is 12.7. The van der Waals surface area contributed by atoms with Crippen molar-refractivity contribution >= 4 is 43.6 Å². The zero-order chi connectivity index (χ0) is 17.7. The summed E-state index contributed by atoms with van der Waals surface area (Å²) in [6.07, 6.45) is 1.95. The van der Waals surface area contributed by atoms with Gasteiger partial charge in [-0.25, -0.2) is 13.2 Å². The van der Waals surface area contributed by atoms with Crippen molar-refractivity contribution in [3.05, 3.63) is 27.7 Å². The Bertz CT molecular complexity index is 691. The first-order chi connectivity index (χ1) is 11.4. The lowest BCUT2D eigenvalue weighted by Crippen LogP contribution is -2.53. The van der Waals surface area contributed by atoms with Crippen molar-refractivity contribution < 1.29 is 13.2 Å². The molecule has 0 aromatic heterocycles. The number of carbonyl (C=O) groups excluding carboxylic acids is 1. The van der Waals surface area contributed by atoms with Crippen LogP contribution in [0.4, 0.5) is 4.79 Å². The van der Waals surface area contributed by atoms with Gasteiger partial charge in [0, 0.05) is 37.2 Å². The largest absolute Gasteiger partial charge is 0.338 e. The molecule has 1 aliphatic rings. The van der Waals surface area contributed by atoms with Gasteiger partial charge >= 0.3 is 6.03 Å². The minimum Gasteiger partial charge on any atom is -0.338 e. The lowest BCUT2D eigenvalue weighted by atomic mass is 10.3. The van der Waals surface area contributed by atoms with Gasteiger partial charge < -0.3 is 10.2 Å². The molecule has 0 saturated carbocycles. The molecule has 1 aromatic carbocycles. The zero-order valence-corrected chi connectivity index (χ0v) is 16.6. The number of sulfonamides is 1. The minimum absolute atomic E-state index is 0.0909. The van der Waals surface area contributed by atoms with Crippen molar-refractivity contribution in [2.75, 3.05) is 32.7 Å². The molecule has 0 bridgehead atoms. The summed E-state index contributed by atoms with van der Waals surface area (Å²) in [6, 6.07) is 4.57. The highest BCUT2D eigenvalue weighted by molar-refractivity contribution is 9.10. The van der Waals surface area contributed by atoms with Gasteiger partial charge in [-0.1, -0.05) is 40.9 Å². The molecule has 0 radical (unpaired) electrons. The van der Waals surface area contributed by atoms with E-state index in [9.17, 15) is 13.2 Å². The standard InChI is InChI=1S/C15H21BrClN3O3S/c1-2-3-6-18-15(21)19-7-9-20(10-8-19)24(22,23)14-5-4-12(16)11-13(14)17/h4-5,11H,2-3,6-10H2,1H3,(H,18,21). The first-order valence-electron chi connectivity index (χ1n) is 7.84. The number of nitrogens with zero attached hydrogens (tertiary/aromatic N) is 2. The van der Waals surface area contributed by atoms with Gasteiger partial charge in [-0.3, -0.25) is 0 Å². The van der Waals surface area contributed by atoms with E-state index in [1.165, 1.54) is 10.4 Å². The summed E-state index contributed by atoms with van der Waals surface area (Å²) < 4.78 is 27.5. The van der Waals surface area contributed by atoms with Crippen LogP contribution in [0.2, 0.25) is 5.02 Å². The van der Waals surface area contributed by atoms with Gasteiger partial charge in [-0.2, -0.15) is 4.31 Å². The third-order valence-electron chi connectivity index (χ3n) is 3.84. The van der Waals surface area contributed by atoms with Crippen LogP contribution >= 0.6 is 27.5 Å². The molecule has 0 unspecified atom stereocenters. The molecule has 2 rings (SSSR count). The quantitative estimate of drug-likeness (QED) is 0.719. The Hall–Kier alpha value is -0.830. The number of nitrogens with one attached hydrogen (secondary N) is 1. The summed E-state index contributed by atoms with van der Waals surface area (Å²) in [6.45, 7) is 3.95. The number of carbonyl (C=O) groups is 1. The maximum Gasteiger partial charge on any atom is 0.317 e. The third-order valence-corrected chi connectivity index (χ3v) is 6.72. The smallest absolute Gasteiger partial charge is 0.317 e. The van der Waals surface area contributed by atoms with Crippen molar-refractivity contribution in [3.63, 3.8) is 0 Å². The van der Waals surface area contributed by atoms with Crippen LogP contribution in [0.5, 0.6) is 0 Å². The van der Waals surface area contributed by atoms with Gasteiger partial charge in [-0.15, -0.1) is 0 Å². The number of urea groups is 1. The Balaban J connectivity index is 1.99. The van der Waals surface area contributed by atoms with Gasteiger partial charge in [0.05, 0.1) is 5.02 Å². The number of unbranched alkanes of at least 4 members (excludes halogenated alkanes) is 1. The molecule has 0 atom stereocenters. The predicted molar refractivity (Wildman–Crippen MR) is 97.8 cm³/mol. The van der Waals surface area contributed by atoms with Crippen LogP contribution in [0.1, 0.15) is 19.8 Å². The van der Waals surface area contributed by atoms with Crippen LogP contribution in [-0.4, -0.2) is 56.4 Å². The SMILES string of the molecule is CCCCNC(=O)N1CCN(S(=O)(=O)c2ccc(Br)cc2Cl)CC1. The van der Waals surface area contributed by atoms with E-state index in [0.717, 1.165) is 17.3 Å². The third kappa shape index (κ3) is 4.62. The Morgan fingerprint density at radius 2 is 1.96 bits per heavy atom. The van der Waals surface area contributed by atoms with Gasteiger partial charge in [-0.05, 0) is 24.6 Å². The van der Waals surface area contributed by atoms with Crippen molar-refractivity contribution in [2.45, 2.75) is 24.7 Å². The van der Waals surface area contributed by atoms with Gasteiger partial charge in [0.15, 0.2) is 0 Å². The zero-order valence-electron chi connectivity index (χ0n) is 13.5. The molecule has 1 fully saturated rings. The van der Waals surface area contributed by atoms with Crippen LogP contribution in [0, 0.1) is 0 Å². The van der Waals surface area contributed by atoms with Crippen LogP contribution < -0.4 is 5.32 Å². The van der Waals surface area contributed by atoms with Gasteiger partial charge in [0.1, 0.15) is 4.90 Å². The molecule has 2 amide bonds. The Labute approximate surface area is 156 Å². The number of rotatable bonds is 5. The minimum atomic E-state index is -3.66. The average Bonchev–Trinajstić information content (AvgIpc) is 2.54. The van der Waals surface area contributed by atoms with E-state index >= 15 is 0 Å². The monoisotopic (exact) mass is 437 g/mol. The predicted octanol–water partition coefficient (Wildman–Crippen LogP) is 2.92. The van der Waals surface area contributed by atoms with Crippen LogP contribution in [-0.2, 0) is 10.0 Å². The van der Waals surface area contributed by atoms with Crippen LogP contribution in [0.15, 0.2) is 27.6 Å². The number of halogens is 2. The molecule has 6 nitrogen and oxygen atoms in total. The summed E-state index contributed by atoms with van der Waals surface area (Å²) in [5.74, 6) is 0. The lowest BCUT2D eigenvalue weighted by Gasteiger charge is -2.34. The Kier molecular flexibility index (Phi) is 6.91. The highest BCUT2D eigenvalue weighted by Gasteiger charge is 2.31. The van der Waals surface area contributed by atoms with Gasteiger partial charge in [0.2, 0.25) is 10.0 Å². The topological polar surface area (TPSA) is 69.7 Å². The van der Waals surface area contributed by atoms with Crippen LogP contribution in [0.25, 0.3) is 0 Å². The van der Waals surface area contributed by atoms with E-state index in [1.807, 2.05) is 0 Å². The second-order valence-corrected chi connectivity index (χ2v) is 8.78. The molecular formula is C15H21BrClN3O3S. The number of hydrogen-bond acceptors (Lipinski definition) is 3. The first kappa shape index (κ1) is 19.5. The highest BCUT2D eigenvalue weighted by Crippen LogP contribution is 2.28. The average molecular weight is 439 g/mol. The van der Waals surface area contributed by atoms with Crippen molar-refractivity contribution in [1.82, 2.24) is 14.5 Å². The number of benzene rings is 1. The summed E-state index contributed by atoms with van der Waals surface area (Å²) in [4.78, 5) is 13.7. The molecule has 1 aromatic rings. The summed E-state index contributed by atoms with van der Waals surface area (Å²) in [5, 5.41) is 3.03. The molecule has 24 heavy (non-hydrogen) atoms. The molecule has 0 aliphatic carbocycles. The van der Waals surface area contributed by atoms with E-state index in [-0.39, 0.29) is 29.0 Å². The van der Waals surface area contributed by atoms with Crippen molar-refractivity contribution in [1.29, 1.82) is 0 Å². The second-order valence-electron chi connectivity index (χ2n) is 5.55. The molecule has 0 spiro atoms. The summed E-state index contributed by atoms with van der Waals surface area (Å²) in [7, 11) is -3.66. The van der Waals surface area contributed by atoms with E-state index in [4.69, 9.17) is 11.6 Å². The van der Waals surface area contributed by atoms with E-state index in [1.54, 1.807) is 17.0 Å². The Morgan fingerprint density at radius 3 is 2.54 bits per heavy atom. The Morgan fingerprint density at radius 1 is 1.29 bits per heavy atom. The highest BCUT2D eigenvalue weighted by atomic mass is 79.9. The fourth-order valence-corrected chi connectivity index (χ4v) is 4.87. The molecule has 1 aliphatic heterocycles. The molecular weight excluding hydrogens is 418 g/mol. The van der Waals surface area contributed by atoms with Crippen molar-refractivity contribution in [2.24, 2.45) is 0 Å². The van der Waals surface area contributed by atoms with Crippen LogP contribution in [0.3, 0.4) is 0 Å². The molecule has 134 valence electrons. The van der Waals surface area contributed by atoms with E-state index in [2.05, 4.69) is 28.2 Å². The number of hydrogen-bond donors (Lipinski definition) is 1. The summed E-state index contributed by atoms with van der Waals surface area (Å²) in [5.41, 5.74) is 0. The second kappa shape index (κ2) is 8.51.